The van der Waals surface area contributed by atoms with Crippen LogP contribution in [0, 0.1) is 0 Å². The van der Waals surface area contributed by atoms with E-state index in [0.717, 1.165) is 43.4 Å². The van der Waals surface area contributed by atoms with Crippen LogP contribution in [0.15, 0.2) is 40.6 Å². The largest absolute Gasteiger partial charge is 0.417 e. The van der Waals surface area contributed by atoms with Gasteiger partial charge in [-0.05, 0) is 62.4 Å². The summed E-state index contributed by atoms with van der Waals surface area (Å²) in [6.07, 6.45) is -1.23. The third-order valence-corrected chi connectivity index (χ3v) is 4.34. The average molecular weight is 388 g/mol. The molecule has 0 saturated carbocycles. The summed E-state index contributed by atoms with van der Waals surface area (Å²) in [6.45, 7) is 2.52. The molecule has 1 aromatic rings. The van der Waals surface area contributed by atoms with E-state index >= 15 is 0 Å². The highest BCUT2D eigenvalue weighted by molar-refractivity contribution is 6.29. The van der Waals surface area contributed by atoms with Crippen LogP contribution in [0.25, 0.3) is 0 Å². The molecule has 2 rings (SSSR count). The van der Waals surface area contributed by atoms with E-state index in [2.05, 4.69) is 10.6 Å². The van der Waals surface area contributed by atoms with Crippen molar-refractivity contribution in [2.24, 2.45) is 0 Å². The number of aryl methyl sites for hydroxylation is 1. The summed E-state index contributed by atoms with van der Waals surface area (Å²) in [6, 6.07) is 4.76. The van der Waals surface area contributed by atoms with E-state index in [1.807, 2.05) is 18.2 Å². The topological polar surface area (TPSA) is 67.2 Å². The molecule has 0 heterocycles. The first-order chi connectivity index (χ1) is 12.1. The molecule has 4 nitrogen and oxygen atoms in total. The van der Waals surface area contributed by atoms with E-state index in [1.165, 1.54) is 6.92 Å². The van der Waals surface area contributed by atoms with E-state index in [0.29, 0.717) is 5.69 Å². The molecule has 26 heavy (non-hydrogen) atoms. The van der Waals surface area contributed by atoms with Gasteiger partial charge in [0.05, 0.1) is 11.6 Å². The van der Waals surface area contributed by atoms with Gasteiger partial charge >= 0.3 is 12.2 Å². The minimum Gasteiger partial charge on any atom is -0.399 e. The highest BCUT2D eigenvalue weighted by Gasteiger charge is 2.34. The number of urea groups is 1. The van der Waals surface area contributed by atoms with Crippen molar-refractivity contribution < 1.29 is 18.0 Å². The molecule has 1 aliphatic carbocycles. The maximum atomic E-state index is 12.9. The Morgan fingerprint density at radius 3 is 2.65 bits per heavy atom. The molecule has 1 aromatic carbocycles. The molecule has 4 N–H and O–H groups in total. The summed E-state index contributed by atoms with van der Waals surface area (Å²) in [4.78, 5) is 12.2. The van der Waals surface area contributed by atoms with Crippen LogP contribution < -0.4 is 16.4 Å². The molecule has 0 saturated heterocycles. The number of hydrogen-bond acceptors (Lipinski definition) is 2. The van der Waals surface area contributed by atoms with E-state index in [-0.39, 0.29) is 11.7 Å². The van der Waals surface area contributed by atoms with Gasteiger partial charge in [-0.15, -0.1) is 0 Å². The van der Waals surface area contributed by atoms with Crippen molar-refractivity contribution in [2.75, 3.05) is 5.73 Å². The van der Waals surface area contributed by atoms with Crippen molar-refractivity contribution >= 4 is 23.3 Å². The number of halogens is 4. The van der Waals surface area contributed by atoms with Gasteiger partial charge in [0.15, 0.2) is 0 Å². The molecule has 1 atom stereocenters. The van der Waals surface area contributed by atoms with E-state index < -0.39 is 22.8 Å². The predicted molar refractivity (Wildman–Crippen MR) is 96.6 cm³/mol. The van der Waals surface area contributed by atoms with Gasteiger partial charge in [0.1, 0.15) is 0 Å². The number of alkyl halides is 3. The van der Waals surface area contributed by atoms with E-state index in [1.54, 1.807) is 0 Å². The van der Waals surface area contributed by atoms with Crippen LogP contribution >= 0.6 is 11.6 Å². The number of amides is 2. The maximum Gasteiger partial charge on any atom is 0.417 e. The fourth-order valence-electron chi connectivity index (χ4n) is 2.97. The lowest BCUT2D eigenvalue weighted by Crippen LogP contribution is -2.38. The predicted octanol–water partition coefficient (Wildman–Crippen LogP) is 4.92. The fraction of sp³-hybridized carbons (Fsp3) is 0.389. The lowest BCUT2D eigenvalue weighted by molar-refractivity contribution is -0.0886. The van der Waals surface area contributed by atoms with Gasteiger partial charge in [0, 0.05) is 16.4 Å². The molecule has 0 spiro atoms. The number of nitrogens with one attached hydrogen (secondary N) is 2. The zero-order valence-corrected chi connectivity index (χ0v) is 15.3. The first kappa shape index (κ1) is 20.2. The van der Waals surface area contributed by atoms with Crippen molar-refractivity contribution in [2.45, 2.75) is 45.3 Å². The van der Waals surface area contributed by atoms with Crippen LogP contribution in [0.2, 0.25) is 0 Å². The lowest BCUT2D eigenvalue weighted by Gasteiger charge is -2.27. The lowest BCUT2D eigenvalue weighted by atomic mass is 9.87. The average Bonchev–Trinajstić information content (AvgIpc) is 2.51. The SMILES string of the molecule is C/C(Cl)=C(\C=C(/C)NC(=O)NC1CCCc2ccc(N)cc21)C(F)(F)F. The van der Waals surface area contributed by atoms with Gasteiger partial charge in [-0.3, -0.25) is 0 Å². The molecule has 0 radical (unpaired) electrons. The Morgan fingerprint density at radius 1 is 1.35 bits per heavy atom. The van der Waals surface area contributed by atoms with Crippen LogP contribution in [0.4, 0.5) is 23.7 Å². The number of hydrogen-bond donors (Lipinski definition) is 3. The number of carbonyl (C=O) groups is 1. The van der Waals surface area contributed by atoms with Crippen LogP contribution in [0.3, 0.4) is 0 Å². The molecule has 142 valence electrons. The summed E-state index contributed by atoms with van der Waals surface area (Å²) in [7, 11) is 0. The Bertz CT molecular complexity index is 753. The zero-order valence-electron chi connectivity index (χ0n) is 14.5. The highest BCUT2D eigenvalue weighted by Crippen LogP contribution is 2.32. The maximum absolute atomic E-state index is 12.9. The number of carbonyl (C=O) groups excluding carboxylic acids is 1. The first-order valence-corrected chi connectivity index (χ1v) is 8.53. The summed E-state index contributed by atoms with van der Waals surface area (Å²) in [5.74, 6) is 0. The van der Waals surface area contributed by atoms with Gasteiger partial charge in [-0.25, -0.2) is 4.79 Å². The second-order valence-electron chi connectivity index (χ2n) is 6.27. The third kappa shape index (κ3) is 5.17. The normalized spacial score (nSPS) is 18.7. The number of fused-ring (bicyclic) bond motifs is 1. The molecular weight excluding hydrogens is 367 g/mol. The van der Waals surface area contributed by atoms with Gasteiger partial charge in [-0.2, -0.15) is 13.2 Å². The number of benzene rings is 1. The molecule has 0 aliphatic heterocycles. The molecular formula is C18H21ClF3N3O. The van der Waals surface area contributed by atoms with Crippen LogP contribution in [-0.2, 0) is 6.42 Å². The Hall–Kier alpha value is -2.15. The van der Waals surface area contributed by atoms with Gasteiger partial charge in [-0.1, -0.05) is 17.7 Å². The van der Waals surface area contributed by atoms with Crippen LogP contribution in [0.5, 0.6) is 0 Å². The van der Waals surface area contributed by atoms with Crippen molar-refractivity contribution in [1.29, 1.82) is 0 Å². The van der Waals surface area contributed by atoms with Gasteiger partial charge in [0.2, 0.25) is 0 Å². The molecule has 8 heteroatoms. The van der Waals surface area contributed by atoms with E-state index in [9.17, 15) is 18.0 Å². The number of allylic oxidation sites excluding steroid dienone is 4. The van der Waals surface area contributed by atoms with Gasteiger partial charge in [0.25, 0.3) is 0 Å². The quantitative estimate of drug-likeness (QED) is 0.508. The number of rotatable bonds is 3. The van der Waals surface area contributed by atoms with Gasteiger partial charge < -0.3 is 16.4 Å². The minimum absolute atomic E-state index is 0.0402. The van der Waals surface area contributed by atoms with Crippen molar-refractivity contribution in [3.05, 3.63) is 51.7 Å². The first-order valence-electron chi connectivity index (χ1n) is 8.15. The Labute approximate surface area is 155 Å². The second-order valence-corrected chi connectivity index (χ2v) is 6.84. The molecule has 0 fully saturated rings. The molecule has 1 aliphatic rings. The zero-order chi connectivity index (χ0) is 19.5. The molecule has 0 bridgehead atoms. The van der Waals surface area contributed by atoms with Crippen molar-refractivity contribution in [3.8, 4) is 0 Å². The summed E-state index contributed by atoms with van der Waals surface area (Å²) >= 11 is 5.51. The second kappa shape index (κ2) is 8.03. The Balaban J connectivity index is 2.09. The number of nitrogen functional groups attached to an aromatic ring is 1. The molecule has 0 aromatic heterocycles. The molecule has 2 amide bonds. The number of anilines is 1. The summed E-state index contributed by atoms with van der Waals surface area (Å²) in [5, 5.41) is 4.82. The van der Waals surface area contributed by atoms with Crippen LogP contribution in [0.1, 0.15) is 43.9 Å². The Morgan fingerprint density at radius 2 is 2.04 bits per heavy atom. The minimum atomic E-state index is -4.59. The summed E-state index contributed by atoms with van der Waals surface area (Å²) < 4.78 is 38.8. The van der Waals surface area contributed by atoms with Crippen LogP contribution in [-0.4, -0.2) is 12.2 Å². The van der Waals surface area contributed by atoms with Crippen molar-refractivity contribution in [1.82, 2.24) is 10.6 Å². The third-order valence-electron chi connectivity index (χ3n) is 4.14. The van der Waals surface area contributed by atoms with Crippen molar-refractivity contribution in [3.63, 3.8) is 0 Å². The molecule has 1 unspecified atom stereocenters. The fourth-order valence-corrected chi connectivity index (χ4v) is 3.13. The Kier molecular flexibility index (Phi) is 6.23. The standard InChI is InChI=1S/C18H21ClF3N3O/c1-10(8-15(11(2)19)18(20,21)22)24-17(26)25-16-5-3-4-12-6-7-13(23)9-14(12)16/h6-9,16H,3-5,23H2,1-2H3,(H2,24,25,26)/b10-8+,15-11-. The summed E-state index contributed by atoms with van der Waals surface area (Å²) in [5.41, 5.74) is 7.53. The number of nitrogens with two attached hydrogens (primary N) is 1. The van der Waals surface area contributed by atoms with E-state index in [4.69, 9.17) is 17.3 Å². The monoisotopic (exact) mass is 387 g/mol. The highest BCUT2D eigenvalue weighted by atomic mass is 35.5. The smallest absolute Gasteiger partial charge is 0.399 e.